The molecule has 0 fully saturated rings. The fourth-order valence-corrected chi connectivity index (χ4v) is 4.53. The average molecular weight is 465 g/mol. The lowest BCUT2D eigenvalue weighted by molar-refractivity contribution is 1.01. The first-order chi connectivity index (χ1) is 13.8. The molecule has 0 saturated heterocycles. The van der Waals surface area contributed by atoms with E-state index in [2.05, 4.69) is 70.5 Å². The zero-order valence-corrected chi connectivity index (χ0v) is 18.2. The van der Waals surface area contributed by atoms with E-state index in [0.29, 0.717) is 0 Å². The SMILES string of the molecule is Brc1ccc(Sc2cc(CSc3ccccc3)nc(-c3ccccc3)n2)cc1. The van der Waals surface area contributed by atoms with Crippen LogP contribution in [0, 0.1) is 0 Å². The van der Waals surface area contributed by atoms with Gasteiger partial charge < -0.3 is 0 Å². The Labute approximate surface area is 182 Å². The number of thioether (sulfide) groups is 1. The van der Waals surface area contributed by atoms with Gasteiger partial charge in [0.2, 0.25) is 0 Å². The third kappa shape index (κ3) is 5.25. The van der Waals surface area contributed by atoms with Gasteiger partial charge in [0, 0.05) is 25.6 Å². The van der Waals surface area contributed by atoms with Crippen LogP contribution in [0.2, 0.25) is 0 Å². The molecule has 0 unspecified atom stereocenters. The minimum Gasteiger partial charge on any atom is -0.232 e. The van der Waals surface area contributed by atoms with Crippen molar-refractivity contribution in [3.8, 4) is 11.4 Å². The van der Waals surface area contributed by atoms with Gasteiger partial charge in [0.05, 0.1) is 5.69 Å². The number of aromatic nitrogens is 2. The molecule has 0 atom stereocenters. The Kier molecular flexibility index (Phi) is 6.47. The topological polar surface area (TPSA) is 25.8 Å². The van der Waals surface area contributed by atoms with Crippen LogP contribution in [0.15, 0.2) is 110 Å². The molecule has 138 valence electrons. The first-order valence-electron chi connectivity index (χ1n) is 8.81. The van der Waals surface area contributed by atoms with Gasteiger partial charge >= 0.3 is 0 Å². The lowest BCUT2D eigenvalue weighted by Crippen LogP contribution is -1.96. The predicted octanol–water partition coefficient (Wildman–Crippen LogP) is 7.35. The third-order valence-electron chi connectivity index (χ3n) is 3.95. The Bertz CT molecular complexity index is 1040. The van der Waals surface area contributed by atoms with Crippen LogP contribution in [0.1, 0.15) is 5.69 Å². The summed E-state index contributed by atoms with van der Waals surface area (Å²) in [6.07, 6.45) is 0. The Morgan fingerprint density at radius 3 is 2.11 bits per heavy atom. The molecule has 2 nitrogen and oxygen atoms in total. The minimum atomic E-state index is 0.770. The van der Waals surface area contributed by atoms with Gasteiger partial charge in [-0.25, -0.2) is 9.97 Å². The van der Waals surface area contributed by atoms with Crippen molar-refractivity contribution in [2.45, 2.75) is 20.6 Å². The quantitative estimate of drug-likeness (QED) is 0.220. The summed E-state index contributed by atoms with van der Waals surface area (Å²) in [5.41, 5.74) is 2.06. The molecule has 0 spiro atoms. The molecule has 4 rings (SSSR count). The normalized spacial score (nSPS) is 10.8. The van der Waals surface area contributed by atoms with E-state index >= 15 is 0 Å². The van der Waals surface area contributed by atoms with E-state index in [1.54, 1.807) is 23.5 Å². The fourth-order valence-electron chi connectivity index (χ4n) is 2.61. The molecule has 0 radical (unpaired) electrons. The summed E-state index contributed by atoms with van der Waals surface area (Å²) in [4.78, 5) is 12.0. The van der Waals surface area contributed by atoms with Gasteiger partial charge in [0.1, 0.15) is 5.03 Å². The van der Waals surface area contributed by atoms with Crippen LogP contribution < -0.4 is 0 Å². The lowest BCUT2D eigenvalue weighted by atomic mass is 10.2. The Balaban J connectivity index is 1.63. The highest BCUT2D eigenvalue weighted by Gasteiger charge is 2.09. The van der Waals surface area contributed by atoms with Crippen molar-refractivity contribution in [3.63, 3.8) is 0 Å². The third-order valence-corrected chi connectivity index (χ3v) is 6.45. The average Bonchev–Trinajstić information content (AvgIpc) is 2.75. The van der Waals surface area contributed by atoms with Crippen LogP contribution in [-0.4, -0.2) is 9.97 Å². The predicted molar refractivity (Wildman–Crippen MR) is 122 cm³/mol. The van der Waals surface area contributed by atoms with Gasteiger partial charge in [-0.2, -0.15) is 0 Å². The van der Waals surface area contributed by atoms with Crippen LogP contribution in [-0.2, 0) is 5.75 Å². The Hall–Kier alpha value is -2.08. The van der Waals surface area contributed by atoms with E-state index in [1.165, 1.54) is 4.90 Å². The highest BCUT2D eigenvalue weighted by Crippen LogP contribution is 2.31. The standard InChI is InChI=1S/C23H17BrN2S2/c24-18-11-13-21(14-12-18)28-22-15-19(16-27-20-9-5-2-6-10-20)25-23(26-22)17-7-3-1-4-8-17/h1-15H,16H2. The van der Waals surface area contributed by atoms with E-state index in [0.717, 1.165) is 37.2 Å². The van der Waals surface area contributed by atoms with Crippen molar-refractivity contribution in [1.29, 1.82) is 0 Å². The molecule has 0 bridgehead atoms. The molecule has 0 aliphatic heterocycles. The molecular weight excluding hydrogens is 448 g/mol. The molecule has 0 N–H and O–H groups in total. The maximum Gasteiger partial charge on any atom is 0.160 e. The first-order valence-corrected chi connectivity index (χ1v) is 11.4. The van der Waals surface area contributed by atoms with Crippen LogP contribution in [0.25, 0.3) is 11.4 Å². The van der Waals surface area contributed by atoms with Gasteiger partial charge in [-0.15, -0.1) is 11.8 Å². The molecular formula is C23H17BrN2S2. The smallest absolute Gasteiger partial charge is 0.160 e. The second-order valence-electron chi connectivity index (χ2n) is 6.04. The molecule has 3 aromatic carbocycles. The number of hydrogen-bond donors (Lipinski definition) is 0. The van der Waals surface area contributed by atoms with Gasteiger partial charge in [-0.3, -0.25) is 0 Å². The van der Waals surface area contributed by atoms with E-state index in [4.69, 9.17) is 9.97 Å². The minimum absolute atomic E-state index is 0.770. The van der Waals surface area contributed by atoms with E-state index in [9.17, 15) is 0 Å². The second kappa shape index (κ2) is 9.41. The summed E-state index contributed by atoms with van der Waals surface area (Å²) in [6, 6.07) is 30.9. The van der Waals surface area contributed by atoms with Crippen molar-refractivity contribution in [2.75, 3.05) is 0 Å². The Morgan fingerprint density at radius 1 is 0.714 bits per heavy atom. The highest BCUT2D eigenvalue weighted by molar-refractivity contribution is 9.10. The number of benzene rings is 3. The van der Waals surface area contributed by atoms with E-state index < -0.39 is 0 Å². The molecule has 0 aliphatic carbocycles. The molecule has 1 aromatic heterocycles. The fraction of sp³-hybridized carbons (Fsp3) is 0.0435. The van der Waals surface area contributed by atoms with Crippen LogP contribution in [0.5, 0.6) is 0 Å². The van der Waals surface area contributed by atoms with Gasteiger partial charge in [0.25, 0.3) is 0 Å². The van der Waals surface area contributed by atoms with Crippen molar-refractivity contribution in [2.24, 2.45) is 0 Å². The number of rotatable bonds is 6. The van der Waals surface area contributed by atoms with Crippen LogP contribution >= 0.6 is 39.5 Å². The maximum atomic E-state index is 4.82. The van der Waals surface area contributed by atoms with Crippen LogP contribution in [0.4, 0.5) is 0 Å². The highest BCUT2D eigenvalue weighted by atomic mass is 79.9. The lowest BCUT2D eigenvalue weighted by Gasteiger charge is -2.09. The monoisotopic (exact) mass is 464 g/mol. The summed E-state index contributed by atoms with van der Waals surface area (Å²) in [6.45, 7) is 0. The molecule has 0 amide bonds. The molecule has 0 saturated carbocycles. The first kappa shape index (κ1) is 19.2. The van der Waals surface area contributed by atoms with Gasteiger partial charge in [0.15, 0.2) is 5.82 Å². The largest absolute Gasteiger partial charge is 0.232 e. The van der Waals surface area contributed by atoms with E-state index in [-0.39, 0.29) is 0 Å². The maximum absolute atomic E-state index is 4.82. The molecule has 4 aromatic rings. The molecule has 28 heavy (non-hydrogen) atoms. The zero-order valence-electron chi connectivity index (χ0n) is 15.0. The zero-order chi connectivity index (χ0) is 19.2. The van der Waals surface area contributed by atoms with E-state index in [1.807, 2.05) is 36.4 Å². The van der Waals surface area contributed by atoms with Gasteiger partial charge in [-0.05, 0) is 42.5 Å². The summed E-state index contributed by atoms with van der Waals surface area (Å²) < 4.78 is 1.07. The van der Waals surface area contributed by atoms with Crippen molar-refractivity contribution in [1.82, 2.24) is 9.97 Å². The van der Waals surface area contributed by atoms with Crippen molar-refractivity contribution in [3.05, 3.63) is 101 Å². The number of halogens is 1. The number of hydrogen-bond acceptors (Lipinski definition) is 4. The van der Waals surface area contributed by atoms with Crippen molar-refractivity contribution < 1.29 is 0 Å². The van der Waals surface area contributed by atoms with Crippen molar-refractivity contribution >= 4 is 39.5 Å². The summed E-state index contributed by atoms with van der Waals surface area (Å²) in [5, 5.41) is 0.958. The summed E-state index contributed by atoms with van der Waals surface area (Å²) in [7, 11) is 0. The van der Waals surface area contributed by atoms with Crippen LogP contribution in [0.3, 0.4) is 0 Å². The molecule has 5 heteroatoms. The molecule has 0 aliphatic rings. The number of nitrogens with zero attached hydrogens (tertiary/aromatic N) is 2. The second-order valence-corrected chi connectivity index (χ2v) is 9.10. The molecule has 1 heterocycles. The summed E-state index contributed by atoms with van der Waals surface area (Å²) in [5.74, 6) is 1.58. The van der Waals surface area contributed by atoms with Gasteiger partial charge in [-0.1, -0.05) is 76.2 Å². The summed E-state index contributed by atoms with van der Waals surface area (Å²) >= 11 is 6.94. The Morgan fingerprint density at radius 2 is 1.39 bits per heavy atom.